The van der Waals surface area contributed by atoms with E-state index in [1.54, 1.807) is 19.2 Å². The molecule has 0 aromatic heterocycles. The predicted octanol–water partition coefficient (Wildman–Crippen LogP) is 0.108. The van der Waals surface area contributed by atoms with Gasteiger partial charge < -0.3 is 20.3 Å². The van der Waals surface area contributed by atoms with Crippen molar-refractivity contribution < 1.29 is 24.5 Å². The molecule has 0 heterocycles. The molecule has 0 fully saturated rings. The van der Waals surface area contributed by atoms with Gasteiger partial charge in [-0.3, -0.25) is 4.79 Å². The molecular formula is C13H17NO5. The van der Waals surface area contributed by atoms with Crippen LogP contribution in [0.15, 0.2) is 18.2 Å². The minimum absolute atomic E-state index is 0.100. The number of nitrogens with one attached hydrogen (secondary N) is 1. The third-order valence-corrected chi connectivity index (χ3v) is 2.61. The summed E-state index contributed by atoms with van der Waals surface area (Å²) >= 11 is 0. The van der Waals surface area contributed by atoms with E-state index in [2.05, 4.69) is 5.32 Å². The molecule has 0 bridgehead atoms. The van der Waals surface area contributed by atoms with Gasteiger partial charge >= 0.3 is 5.97 Å². The van der Waals surface area contributed by atoms with Crippen LogP contribution in [0, 0.1) is 6.92 Å². The Labute approximate surface area is 111 Å². The van der Waals surface area contributed by atoms with Crippen LogP contribution >= 0.6 is 0 Å². The predicted molar refractivity (Wildman–Crippen MR) is 68.1 cm³/mol. The minimum atomic E-state index is -1.59. The number of benzene rings is 1. The molecular weight excluding hydrogens is 250 g/mol. The van der Waals surface area contributed by atoms with E-state index in [9.17, 15) is 9.59 Å². The van der Waals surface area contributed by atoms with Crippen LogP contribution in [0.5, 0.6) is 5.75 Å². The molecule has 0 aliphatic heterocycles. The lowest BCUT2D eigenvalue weighted by Gasteiger charge is -2.09. The maximum Gasteiger partial charge on any atom is 0.334 e. The Morgan fingerprint density at radius 1 is 1.42 bits per heavy atom. The van der Waals surface area contributed by atoms with Gasteiger partial charge in [0.25, 0.3) is 0 Å². The van der Waals surface area contributed by atoms with Gasteiger partial charge in [0.05, 0.1) is 20.1 Å². The Hall–Kier alpha value is -2.08. The molecule has 0 saturated carbocycles. The monoisotopic (exact) mass is 267 g/mol. The Bertz CT molecular complexity index is 472. The highest BCUT2D eigenvalue weighted by molar-refractivity contribution is 5.80. The number of ether oxygens (including phenoxy) is 1. The minimum Gasteiger partial charge on any atom is -0.496 e. The second-order valence-electron chi connectivity index (χ2n) is 4.14. The fraction of sp³-hybridized carbons (Fsp3) is 0.385. The van der Waals surface area contributed by atoms with Crippen LogP contribution in [0.25, 0.3) is 0 Å². The number of aryl methyl sites for hydroxylation is 1. The number of hydrogen-bond donors (Lipinski definition) is 3. The van der Waals surface area contributed by atoms with Gasteiger partial charge in [-0.2, -0.15) is 0 Å². The summed E-state index contributed by atoms with van der Waals surface area (Å²) in [5.41, 5.74) is 1.72. The first-order chi connectivity index (χ1) is 8.93. The standard InChI is InChI=1S/C13H17NO5/c1-8-3-4-9(5-11(8)19-2)6-12(16)14-7-10(15)13(17)18/h3-5,10,15H,6-7H2,1-2H3,(H,14,16)(H,17,18). The van der Waals surface area contributed by atoms with Crippen LogP contribution < -0.4 is 10.1 Å². The summed E-state index contributed by atoms with van der Waals surface area (Å²) in [6.07, 6.45) is -1.49. The smallest absolute Gasteiger partial charge is 0.334 e. The fourth-order valence-corrected chi connectivity index (χ4v) is 1.52. The van der Waals surface area contributed by atoms with E-state index in [0.29, 0.717) is 5.75 Å². The topological polar surface area (TPSA) is 95.9 Å². The molecule has 1 rings (SSSR count). The molecule has 19 heavy (non-hydrogen) atoms. The van der Waals surface area contributed by atoms with E-state index in [1.807, 2.05) is 13.0 Å². The summed E-state index contributed by atoms with van der Waals surface area (Å²) in [5, 5.41) is 19.8. The molecule has 6 nitrogen and oxygen atoms in total. The van der Waals surface area contributed by atoms with Gasteiger partial charge in [-0.25, -0.2) is 4.79 Å². The molecule has 6 heteroatoms. The number of rotatable bonds is 6. The van der Waals surface area contributed by atoms with Crippen molar-refractivity contribution in [2.45, 2.75) is 19.4 Å². The summed E-state index contributed by atoms with van der Waals surface area (Å²) in [4.78, 5) is 21.9. The lowest BCUT2D eigenvalue weighted by molar-refractivity contribution is -0.146. The normalized spacial score (nSPS) is 11.7. The van der Waals surface area contributed by atoms with Crippen molar-refractivity contribution in [2.75, 3.05) is 13.7 Å². The fourth-order valence-electron chi connectivity index (χ4n) is 1.52. The van der Waals surface area contributed by atoms with Gasteiger partial charge in [-0.1, -0.05) is 12.1 Å². The number of methoxy groups -OCH3 is 1. The molecule has 0 saturated heterocycles. The first-order valence-electron chi connectivity index (χ1n) is 5.75. The molecule has 3 N–H and O–H groups in total. The van der Waals surface area contributed by atoms with Crippen LogP contribution in [-0.4, -0.2) is 41.8 Å². The highest BCUT2D eigenvalue weighted by Gasteiger charge is 2.14. The van der Waals surface area contributed by atoms with Crippen LogP contribution in [0.4, 0.5) is 0 Å². The molecule has 1 aromatic rings. The van der Waals surface area contributed by atoms with Crippen molar-refractivity contribution in [3.05, 3.63) is 29.3 Å². The van der Waals surface area contributed by atoms with E-state index < -0.39 is 12.1 Å². The van der Waals surface area contributed by atoms with Crippen LogP contribution in [-0.2, 0) is 16.0 Å². The number of carboxylic acids is 1. The summed E-state index contributed by atoms with van der Waals surface area (Å²) in [7, 11) is 1.55. The molecule has 0 aliphatic carbocycles. The number of aliphatic hydroxyl groups excluding tert-OH is 1. The van der Waals surface area contributed by atoms with Crippen molar-refractivity contribution in [1.29, 1.82) is 0 Å². The highest BCUT2D eigenvalue weighted by atomic mass is 16.5. The SMILES string of the molecule is COc1cc(CC(=O)NCC(O)C(=O)O)ccc1C. The first kappa shape index (κ1) is 15.0. The number of aliphatic hydroxyl groups is 1. The van der Waals surface area contributed by atoms with Gasteiger partial charge in [0.15, 0.2) is 6.10 Å². The molecule has 0 aliphatic rings. The average Bonchev–Trinajstić information content (AvgIpc) is 2.38. The maximum absolute atomic E-state index is 11.6. The summed E-state index contributed by atoms with van der Waals surface area (Å²) in [6, 6.07) is 5.39. The molecule has 1 amide bonds. The Morgan fingerprint density at radius 3 is 2.68 bits per heavy atom. The van der Waals surface area contributed by atoms with Crippen molar-refractivity contribution >= 4 is 11.9 Å². The molecule has 0 spiro atoms. The zero-order valence-electron chi connectivity index (χ0n) is 10.8. The Morgan fingerprint density at radius 2 is 2.11 bits per heavy atom. The van der Waals surface area contributed by atoms with E-state index in [0.717, 1.165) is 11.1 Å². The van der Waals surface area contributed by atoms with Gasteiger partial charge in [0, 0.05) is 0 Å². The number of carboxylic acid groups (broad SMARTS) is 1. The lowest BCUT2D eigenvalue weighted by Crippen LogP contribution is -2.37. The van der Waals surface area contributed by atoms with Gasteiger partial charge in [-0.05, 0) is 24.1 Å². The molecule has 104 valence electrons. The van der Waals surface area contributed by atoms with Gasteiger partial charge in [0.1, 0.15) is 5.75 Å². The zero-order chi connectivity index (χ0) is 14.4. The molecule has 1 unspecified atom stereocenters. The zero-order valence-corrected chi connectivity index (χ0v) is 10.8. The third-order valence-electron chi connectivity index (χ3n) is 2.61. The largest absolute Gasteiger partial charge is 0.496 e. The van der Waals surface area contributed by atoms with Crippen LogP contribution in [0.1, 0.15) is 11.1 Å². The summed E-state index contributed by atoms with van der Waals surface area (Å²) < 4.78 is 5.15. The highest BCUT2D eigenvalue weighted by Crippen LogP contribution is 2.19. The number of hydrogen-bond acceptors (Lipinski definition) is 4. The lowest BCUT2D eigenvalue weighted by atomic mass is 10.1. The van der Waals surface area contributed by atoms with Crippen molar-refractivity contribution in [3.63, 3.8) is 0 Å². The average molecular weight is 267 g/mol. The van der Waals surface area contributed by atoms with E-state index in [-0.39, 0.29) is 18.9 Å². The number of amides is 1. The summed E-state index contributed by atoms with van der Waals surface area (Å²) in [5.74, 6) is -1.03. The van der Waals surface area contributed by atoms with Crippen molar-refractivity contribution in [2.24, 2.45) is 0 Å². The molecule has 1 atom stereocenters. The van der Waals surface area contributed by atoms with Gasteiger partial charge in [0.2, 0.25) is 5.91 Å². The quantitative estimate of drug-likeness (QED) is 0.679. The van der Waals surface area contributed by atoms with Gasteiger partial charge in [-0.15, -0.1) is 0 Å². The van der Waals surface area contributed by atoms with E-state index in [1.165, 1.54) is 0 Å². The van der Waals surface area contributed by atoms with Crippen LogP contribution in [0.2, 0.25) is 0 Å². The van der Waals surface area contributed by atoms with Crippen molar-refractivity contribution in [1.82, 2.24) is 5.32 Å². The third kappa shape index (κ3) is 4.59. The van der Waals surface area contributed by atoms with Crippen molar-refractivity contribution in [3.8, 4) is 5.75 Å². The number of carbonyl (C=O) groups is 2. The number of carbonyl (C=O) groups excluding carboxylic acids is 1. The second kappa shape index (κ2) is 6.75. The van der Waals surface area contributed by atoms with E-state index >= 15 is 0 Å². The van der Waals surface area contributed by atoms with Crippen LogP contribution in [0.3, 0.4) is 0 Å². The second-order valence-corrected chi connectivity index (χ2v) is 4.14. The Kier molecular flexibility index (Phi) is 5.32. The summed E-state index contributed by atoms with van der Waals surface area (Å²) in [6.45, 7) is 1.59. The first-order valence-corrected chi connectivity index (χ1v) is 5.75. The molecule has 0 radical (unpaired) electrons. The molecule has 1 aromatic carbocycles. The number of aliphatic carboxylic acids is 1. The Balaban J connectivity index is 2.55. The van der Waals surface area contributed by atoms with E-state index in [4.69, 9.17) is 14.9 Å². The maximum atomic E-state index is 11.6.